The van der Waals surface area contributed by atoms with Crippen LogP contribution in [-0.4, -0.2) is 32.7 Å². The van der Waals surface area contributed by atoms with E-state index in [-0.39, 0.29) is 12.1 Å². The van der Waals surface area contributed by atoms with Crippen LogP contribution in [0.1, 0.15) is 11.6 Å². The monoisotopic (exact) mass is 446 g/mol. The highest BCUT2D eigenvalue weighted by Crippen LogP contribution is 2.28. The molecule has 0 bridgehead atoms. The number of carbonyl (C=O) groups excluding carboxylic acids is 1. The number of amides is 2. The van der Waals surface area contributed by atoms with Gasteiger partial charge in [0.15, 0.2) is 0 Å². The third kappa shape index (κ3) is 3.95. The summed E-state index contributed by atoms with van der Waals surface area (Å²) in [6.07, 6.45) is 12.0. The van der Waals surface area contributed by atoms with Gasteiger partial charge >= 0.3 is 6.03 Å². The molecular weight excluding hydrogens is 424 g/mol. The number of amidine groups is 1. The Hall–Kier alpha value is -4.65. The number of aliphatic imine (C=N–C) groups is 1. The summed E-state index contributed by atoms with van der Waals surface area (Å²) in [5.41, 5.74) is 5.15. The quantitative estimate of drug-likeness (QED) is 0.436. The van der Waals surface area contributed by atoms with Crippen molar-refractivity contribution in [1.29, 1.82) is 0 Å². The largest absolute Gasteiger partial charge is 0.331 e. The molecular formula is C27H22N6O. The van der Waals surface area contributed by atoms with Gasteiger partial charge in [0, 0.05) is 35.5 Å². The van der Waals surface area contributed by atoms with Crippen LogP contribution in [0.2, 0.25) is 0 Å². The summed E-state index contributed by atoms with van der Waals surface area (Å²) in [6, 6.07) is 21.1. The van der Waals surface area contributed by atoms with Gasteiger partial charge in [-0.05, 0) is 54.1 Å². The molecule has 6 rings (SSSR count). The van der Waals surface area contributed by atoms with E-state index in [1.54, 1.807) is 0 Å². The molecule has 2 aliphatic rings. The second kappa shape index (κ2) is 8.37. The lowest BCUT2D eigenvalue weighted by Gasteiger charge is -2.16. The number of benzene rings is 2. The van der Waals surface area contributed by atoms with E-state index >= 15 is 0 Å². The smallest absolute Gasteiger partial charge is 0.323 e. The van der Waals surface area contributed by atoms with Crippen molar-refractivity contribution < 1.29 is 4.79 Å². The number of imidazole rings is 1. The molecule has 2 amide bonds. The number of hydrogen-bond donors (Lipinski definition) is 2. The molecule has 0 aliphatic carbocycles. The fourth-order valence-electron chi connectivity index (χ4n) is 4.25. The lowest BCUT2D eigenvalue weighted by Crippen LogP contribution is -2.22. The third-order valence-corrected chi connectivity index (χ3v) is 5.88. The highest BCUT2D eigenvalue weighted by Gasteiger charge is 2.24. The summed E-state index contributed by atoms with van der Waals surface area (Å²) in [7, 11) is 0. The zero-order chi connectivity index (χ0) is 22.9. The van der Waals surface area contributed by atoms with E-state index in [2.05, 4.69) is 20.5 Å². The third-order valence-electron chi connectivity index (χ3n) is 5.88. The molecule has 0 fully saturated rings. The van der Waals surface area contributed by atoms with Crippen molar-refractivity contribution in [3.8, 4) is 11.3 Å². The van der Waals surface area contributed by atoms with Gasteiger partial charge in [-0.15, -0.1) is 0 Å². The molecule has 0 saturated carbocycles. The van der Waals surface area contributed by atoms with Crippen molar-refractivity contribution in [2.24, 2.45) is 4.99 Å². The van der Waals surface area contributed by atoms with Crippen molar-refractivity contribution in [3.05, 3.63) is 109 Å². The van der Waals surface area contributed by atoms with Crippen LogP contribution in [0.4, 0.5) is 16.2 Å². The minimum atomic E-state index is -0.301. The second-order valence-electron chi connectivity index (χ2n) is 8.23. The molecule has 0 spiro atoms. The van der Waals surface area contributed by atoms with Gasteiger partial charge in [-0.25, -0.2) is 9.78 Å². The molecule has 1 atom stereocenters. The van der Waals surface area contributed by atoms with Gasteiger partial charge in [-0.2, -0.15) is 0 Å². The van der Waals surface area contributed by atoms with E-state index < -0.39 is 0 Å². The minimum Gasteiger partial charge on any atom is -0.331 e. The van der Waals surface area contributed by atoms with E-state index in [1.165, 1.54) is 0 Å². The van der Waals surface area contributed by atoms with Crippen LogP contribution in [0.3, 0.4) is 0 Å². The van der Waals surface area contributed by atoms with Crippen molar-refractivity contribution in [3.63, 3.8) is 0 Å². The number of rotatable bonds is 4. The number of nitrogens with zero attached hydrogens (tertiary/aromatic N) is 4. The molecule has 2 N–H and O–H groups in total. The zero-order valence-electron chi connectivity index (χ0n) is 18.3. The van der Waals surface area contributed by atoms with E-state index in [0.29, 0.717) is 5.69 Å². The zero-order valence-corrected chi connectivity index (χ0v) is 18.3. The van der Waals surface area contributed by atoms with Gasteiger partial charge in [0.2, 0.25) is 0 Å². The number of allylic oxidation sites excluding steroid dienone is 2. The number of fused-ring (bicyclic) bond motifs is 2. The van der Waals surface area contributed by atoms with Gasteiger partial charge in [-0.3, -0.25) is 4.99 Å². The van der Waals surface area contributed by atoms with E-state index in [0.717, 1.165) is 40.5 Å². The summed E-state index contributed by atoms with van der Waals surface area (Å²) in [6.45, 7) is 0.793. The Morgan fingerprint density at radius 2 is 1.79 bits per heavy atom. The Morgan fingerprint density at radius 1 is 0.941 bits per heavy atom. The van der Waals surface area contributed by atoms with Crippen LogP contribution >= 0.6 is 0 Å². The molecule has 2 aliphatic heterocycles. The molecule has 0 radical (unpaired) electrons. The number of nitrogens with one attached hydrogen (secondary N) is 2. The van der Waals surface area contributed by atoms with Gasteiger partial charge in [0.25, 0.3) is 0 Å². The number of anilines is 2. The van der Waals surface area contributed by atoms with Crippen molar-refractivity contribution in [2.45, 2.75) is 6.04 Å². The van der Waals surface area contributed by atoms with E-state index in [4.69, 9.17) is 4.99 Å². The summed E-state index contributed by atoms with van der Waals surface area (Å²) >= 11 is 0. The highest BCUT2D eigenvalue weighted by atomic mass is 16.2. The van der Waals surface area contributed by atoms with Crippen molar-refractivity contribution in [2.75, 3.05) is 17.2 Å². The first-order valence-electron chi connectivity index (χ1n) is 11.1. The summed E-state index contributed by atoms with van der Waals surface area (Å²) in [4.78, 5) is 24.3. The van der Waals surface area contributed by atoms with Gasteiger partial charge < -0.3 is 19.9 Å². The van der Waals surface area contributed by atoms with Gasteiger partial charge in [-0.1, -0.05) is 36.4 Å². The SMILES string of the molecule is O=C(Nc1cccc(-c2cn3ccccc3n2)c1)Nc1cccc(C2CN3C=CC=CC3=N2)c1. The highest BCUT2D eigenvalue weighted by molar-refractivity contribution is 6.00. The molecule has 7 nitrogen and oxygen atoms in total. The summed E-state index contributed by atoms with van der Waals surface area (Å²) in [5.74, 6) is 0.967. The second-order valence-corrected chi connectivity index (χ2v) is 8.23. The van der Waals surface area contributed by atoms with Crippen LogP contribution < -0.4 is 10.6 Å². The number of urea groups is 1. The minimum absolute atomic E-state index is 0.0364. The first-order chi connectivity index (χ1) is 16.7. The molecule has 4 heterocycles. The molecule has 4 aromatic rings. The maximum atomic E-state index is 12.7. The molecule has 7 heteroatoms. The molecule has 0 saturated heterocycles. The van der Waals surface area contributed by atoms with Gasteiger partial charge in [0.05, 0.1) is 18.3 Å². The Morgan fingerprint density at radius 3 is 2.65 bits per heavy atom. The number of hydrogen-bond acceptors (Lipinski definition) is 4. The average molecular weight is 447 g/mol. The van der Waals surface area contributed by atoms with Crippen molar-refractivity contribution >= 4 is 28.9 Å². The molecule has 2 aromatic carbocycles. The molecule has 1 unspecified atom stereocenters. The first-order valence-corrected chi connectivity index (χ1v) is 11.1. The summed E-state index contributed by atoms with van der Waals surface area (Å²) in [5, 5.41) is 5.86. The predicted octanol–water partition coefficient (Wildman–Crippen LogP) is 5.48. The lowest BCUT2D eigenvalue weighted by atomic mass is 10.1. The Labute approximate surface area is 196 Å². The number of carbonyl (C=O) groups is 1. The number of aromatic nitrogens is 2. The van der Waals surface area contributed by atoms with Crippen LogP contribution in [0.25, 0.3) is 16.9 Å². The van der Waals surface area contributed by atoms with Gasteiger partial charge in [0.1, 0.15) is 11.5 Å². The molecule has 2 aromatic heterocycles. The van der Waals surface area contributed by atoms with E-state index in [1.807, 2.05) is 108 Å². The van der Waals surface area contributed by atoms with Crippen LogP contribution in [0.5, 0.6) is 0 Å². The lowest BCUT2D eigenvalue weighted by molar-refractivity contribution is 0.262. The fourth-order valence-corrected chi connectivity index (χ4v) is 4.25. The van der Waals surface area contributed by atoms with E-state index in [9.17, 15) is 4.79 Å². The van der Waals surface area contributed by atoms with Crippen molar-refractivity contribution in [1.82, 2.24) is 14.3 Å². The van der Waals surface area contributed by atoms with Crippen LogP contribution in [-0.2, 0) is 0 Å². The maximum absolute atomic E-state index is 12.7. The molecule has 166 valence electrons. The normalized spacial score (nSPS) is 16.4. The first kappa shape index (κ1) is 20.0. The Kier molecular flexibility index (Phi) is 4.92. The van der Waals surface area contributed by atoms with Crippen LogP contribution in [0.15, 0.2) is 109 Å². The maximum Gasteiger partial charge on any atom is 0.323 e. The molecule has 34 heavy (non-hydrogen) atoms. The average Bonchev–Trinajstić information content (AvgIpc) is 3.49. The number of pyridine rings is 1. The predicted molar refractivity (Wildman–Crippen MR) is 135 cm³/mol. The summed E-state index contributed by atoms with van der Waals surface area (Å²) < 4.78 is 1.97. The fraction of sp³-hybridized carbons (Fsp3) is 0.0741. The Bertz CT molecular complexity index is 1450. The topological polar surface area (TPSA) is 74.0 Å². The van der Waals surface area contributed by atoms with Crippen LogP contribution in [0, 0.1) is 0 Å². The Balaban J connectivity index is 1.15. The standard InChI is InChI=1S/C27H22N6O/c34-27(28-21-9-5-7-19(15-21)23-17-32-13-3-1-11-25(32)30-23)29-22-10-6-8-20(16-22)24-18-33-14-4-2-12-26(33)31-24/h1-17,24H,18H2,(H2,28,29,34).